The average molecular weight is 310 g/mol. The molecule has 110 valence electrons. The van der Waals surface area contributed by atoms with Crippen molar-refractivity contribution in [2.24, 2.45) is 0 Å². The first-order chi connectivity index (χ1) is 9.79. The molecule has 0 aliphatic carbocycles. The maximum atomic E-state index is 13.3. The van der Waals surface area contributed by atoms with Gasteiger partial charge in [0.1, 0.15) is 5.82 Å². The molecular formula is C13H11FN2O4S. The number of benzene rings is 1. The number of aromatic carboxylic acids is 1. The van der Waals surface area contributed by atoms with Gasteiger partial charge in [-0.05, 0) is 37.3 Å². The summed E-state index contributed by atoms with van der Waals surface area (Å²) in [6, 6.07) is 5.69. The number of carboxylic acids is 1. The lowest BCUT2D eigenvalue weighted by Crippen LogP contribution is -2.14. The first-order valence-corrected chi connectivity index (χ1v) is 7.26. The maximum Gasteiger partial charge on any atom is 0.338 e. The molecule has 0 amide bonds. The minimum Gasteiger partial charge on any atom is -0.478 e. The smallest absolute Gasteiger partial charge is 0.338 e. The zero-order chi connectivity index (χ0) is 15.6. The summed E-state index contributed by atoms with van der Waals surface area (Å²) in [6.45, 7) is 1.75. The van der Waals surface area contributed by atoms with Crippen LogP contribution in [-0.4, -0.2) is 24.5 Å². The normalized spacial score (nSPS) is 11.1. The lowest BCUT2D eigenvalue weighted by atomic mass is 10.2. The molecule has 2 aromatic rings. The first-order valence-electron chi connectivity index (χ1n) is 5.78. The van der Waals surface area contributed by atoms with Crippen LogP contribution in [0.1, 0.15) is 16.1 Å². The van der Waals surface area contributed by atoms with E-state index in [9.17, 15) is 17.6 Å². The van der Waals surface area contributed by atoms with Crippen molar-refractivity contribution >= 4 is 21.7 Å². The maximum absolute atomic E-state index is 13.3. The molecule has 0 aliphatic heterocycles. The van der Waals surface area contributed by atoms with Crippen LogP contribution in [0.2, 0.25) is 0 Å². The molecule has 0 saturated carbocycles. The number of carboxylic acid groups (broad SMARTS) is 1. The predicted octanol–water partition coefficient (Wildman–Crippen LogP) is 2.03. The van der Waals surface area contributed by atoms with E-state index in [1.54, 1.807) is 13.0 Å². The van der Waals surface area contributed by atoms with Crippen molar-refractivity contribution in [3.8, 4) is 0 Å². The SMILES string of the molecule is Cc1ccc(NS(=O)(=O)c2ccc(F)c(C(=O)O)c2)cn1. The van der Waals surface area contributed by atoms with E-state index in [0.29, 0.717) is 5.69 Å². The summed E-state index contributed by atoms with van der Waals surface area (Å²) in [7, 11) is -4.02. The fourth-order valence-corrected chi connectivity index (χ4v) is 2.65. The number of carbonyl (C=O) groups is 1. The zero-order valence-electron chi connectivity index (χ0n) is 10.9. The van der Waals surface area contributed by atoms with Crippen LogP contribution in [0.3, 0.4) is 0 Å². The second-order valence-electron chi connectivity index (χ2n) is 4.24. The van der Waals surface area contributed by atoms with Crippen molar-refractivity contribution < 1.29 is 22.7 Å². The summed E-state index contributed by atoms with van der Waals surface area (Å²) < 4.78 is 39.8. The Balaban J connectivity index is 2.38. The fourth-order valence-electron chi connectivity index (χ4n) is 1.58. The van der Waals surface area contributed by atoms with Gasteiger partial charge in [0.25, 0.3) is 10.0 Å². The van der Waals surface area contributed by atoms with Crippen molar-refractivity contribution in [3.05, 3.63) is 53.6 Å². The van der Waals surface area contributed by atoms with Crippen molar-refractivity contribution in [3.63, 3.8) is 0 Å². The number of sulfonamides is 1. The Morgan fingerprint density at radius 3 is 2.57 bits per heavy atom. The Morgan fingerprint density at radius 2 is 2.00 bits per heavy atom. The number of hydrogen-bond donors (Lipinski definition) is 2. The quantitative estimate of drug-likeness (QED) is 0.900. The van der Waals surface area contributed by atoms with Crippen LogP contribution in [0.15, 0.2) is 41.4 Å². The van der Waals surface area contributed by atoms with Gasteiger partial charge < -0.3 is 5.11 Å². The number of pyridine rings is 1. The third kappa shape index (κ3) is 3.34. The first kappa shape index (κ1) is 14.9. The summed E-state index contributed by atoms with van der Waals surface area (Å²) in [5.74, 6) is -2.54. The van der Waals surface area contributed by atoms with Gasteiger partial charge in [0.15, 0.2) is 0 Å². The van der Waals surface area contributed by atoms with E-state index in [0.717, 1.165) is 18.2 Å². The average Bonchev–Trinajstić information content (AvgIpc) is 2.41. The predicted molar refractivity (Wildman–Crippen MR) is 73.1 cm³/mol. The monoisotopic (exact) mass is 310 g/mol. The van der Waals surface area contributed by atoms with Gasteiger partial charge in [-0.3, -0.25) is 9.71 Å². The lowest BCUT2D eigenvalue weighted by Gasteiger charge is -2.09. The topological polar surface area (TPSA) is 96.4 Å². The Morgan fingerprint density at radius 1 is 1.29 bits per heavy atom. The highest BCUT2D eigenvalue weighted by Gasteiger charge is 2.19. The minimum atomic E-state index is -4.02. The zero-order valence-corrected chi connectivity index (χ0v) is 11.7. The van der Waals surface area contributed by atoms with E-state index >= 15 is 0 Å². The highest BCUT2D eigenvalue weighted by Crippen LogP contribution is 2.18. The molecule has 21 heavy (non-hydrogen) atoms. The molecule has 0 atom stereocenters. The second kappa shape index (κ2) is 5.49. The van der Waals surface area contributed by atoms with Gasteiger partial charge in [-0.15, -0.1) is 0 Å². The van der Waals surface area contributed by atoms with Gasteiger partial charge in [-0.25, -0.2) is 17.6 Å². The van der Waals surface area contributed by atoms with Gasteiger partial charge in [0.05, 0.1) is 22.3 Å². The van der Waals surface area contributed by atoms with Crippen LogP contribution in [0.5, 0.6) is 0 Å². The van der Waals surface area contributed by atoms with E-state index in [1.807, 2.05) is 0 Å². The lowest BCUT2D eigenvalue weighted by molar-refractivity contribution is 0.0691. The molecule has 6 nitrogen and oxygen atoms in total. The number of hydrogen-bond acceptors (Lipinski definition) is 4. The van der Waals surface area contributed by atoms with Gasteiger partial charge in [-0.2, -0.15) is 0 Å². The van der Waals surface area contributed by atoms with Crippen LogP contribution in [-0.2, 0) is 10.0 Å². The van der Waals surface area contributed by atoms with Crippen molar-refractivity contribution in [2.45, 2.75) is 11.8 Å². The number of aryl methyl sites for hydroxylation is 1. The summed E-state index contributed by atoms with van der Waals surface area (Å²) in [6.07, 6.45) is 1.33. The molecule has 0 bridgehead atoms. The molecule has 8 heteroatoms. The molecule has 0 spiro atoms. The van der Waals surface area contributed by atoms with Crippen LogP contribution >= 0.6 is 0 Å². The van der Waals surface area contributed by atoms with Gasteiger partial charge in [-0.1, -0.05) is 0 Å². The standard InChI is InChI=1S/C13H11FN2O4S/c1-8-2-3-9(7-15-8)16-21(19,20)10-4-5-12(14)11(6-10)13(17)18/h2-7,16H,1H3,(H,17,18). The Labute approximate surface area is 120 Å². The van der Waals surface area contributed by atoms with E-state index in [2.05, 4.69) is 9.71 Å². The summed E-state index contributed by atoms with van der Waals surface area (Å²) in [5.41, 5.74) is 0.231. The molecule has 0 aliphatic rings. The highest BCUT2D eigenvalue weighted by atomic mass is 32.2. The number of anilines is 1. The number of halogens is 1. The summed E-state index contributed by atoms with van der Waals surface area (Å²) in [5, 5.41) is 8.81. The van der Waals surface area contributed by atoms with Gasteiger partial charge in [0.2, 0.25) is 0 Å². The van der Waals surface area contributed by atoms with E-state index in [1.165, 1.54) is 12.3 Å². The van der Waals surface area contributed by atoms with Crippen molar-refractivity contribution in [1.29, 1.82) is 0 Å². The number of rotatable bonds is 4. The minimum absolute atomic E-state index is 0.224. The van der Waals surface area contributed by atoms with E-state index in [4.69, 9.17) is 5.11 Å². The molecule has 2 N–H and O–H groups in total. The number of aromatic nitrogens is 1. The summed E-state index contributed by atoms with van der Waals surface area (Å²) in [4.78, 5) is 14.4. The molecular weight excluding hydrogens is 299 g/mol. The Hall–Kier alpha value is -2.48. The highest BCUT2D eigenvalue weighted by molar-refractivity contribution is 7.92. The molecule has 1 aromatic heterocycles. The van der Waals surface area contributed by atoms with Crippen molar-refractivity contribution in [2.75, 3.05) is 4.72 Å². The van der Waals surface area contributed by atoms with Gasteiger partial charge >= 0.3 is 5.97 Å². The Bertz CT molecular complexity index is 788. The second-order valence-corrected chi connectivity index (χ2v) is 5.92. The van der Waals surface area contributed by atoms with Crippen LogP contribution in [0.25, 0.3) is 0 Å². The third-order valence-electron chi connectivity index (χ3n) is 2.64. The van der Waals surface area contributed by atoms with Crippen LogP contribution < -0.4 is 4.72 Å². The molecule has 1 aromatic carbocycles. The van der Waals surface area contributed by atoms with Gasteiger partial charge in [0, 0.05) is 5.69 Å². The van der Waals surface area contributed by atoms with E-state index in [-0.39, 0.29) is 10.6 Å². The number of nitrogens with one attached hydrogen (secondary N) is 1. The molecule has 0 saturated heterocycles. The Kier molecular flexibility index (Phi) is 3.90. The third-order valence-corrected chi connectivity index (χ3v) is 4.02. The van der Waals surface area contributed by atoms with E-state index < -0.39 is 27.4 Å². The molecule has 0 unspecified atom stereocenters. The van der Waals surface area contributed by atoms with Crippen LogP contribution in [0.4, 0.5) is 10.1 Å². The molecule has 2 rings (SSSR count). The molecule has 0 fully saturated rings. The molecule has 1 heterocycles. The summed E-state index contributed by atoms with van der Waals surface area (Å²) >= 11 is 0. The number of nitrogens with zero attached hydrogens (tertiary/aromatic N) is 1. The van der Waals surface area contributed by atoms with Crippen LogP contribution in [0, 0.1) is 12.7 Å². The largest absolute Gasteiger partial charge is 0.478 e. The van der Waals surface area contributed by atoms with Crippen molar-refractivity contribution in [1.82, 2.24) is 4.98 Å². The molecule has 0 radical (unpaired) electrons. The fraction of sp³-hybridized carbons (Fsp3) is 0.0769.